The number of hydrogen-bond donors (Lipinski definition) is 1. The van der Waals surface area contributed by atoms with E-state index >= 15 is 0 Å². The summed E-state index contributed by atoms with van der Waals surface area (Å²) in [6, 6.07) is 3.60. The normalized spacial score (nSPS) is 23.4. The lowest BCUT2D eigenvalue weighted by Crippen LogP contribution is -2.45. The molecule has 0 bridgehead atoms. The number of pyridine rings is 1. The van der Waals surface area contributed by atoms with Gasteiger partial charge < -0.3 is 15.0 Å². The number of piperidine rings is 1. The Morgan fingerprint density at radius 1 is 1.25 bits per heavy atom. The van der Waals surface area contributed by atoms with E-state index < -0.39 is 0 Å². The van der Waals surface area contributed by atoms with Crippen LogP contribution in [0.3, 0.4) is 0 Å². The van der Waals surface area contributed by atoms with Gasteiger partial charge in [-0.05, 0) is 30.4 Å². The Hall–Kier alpha value is -1.99. The number of aromatic nitrogens is 1. The maximum absolute atomic E-state index is 12.7. The van der Waals surface area contributed by atoms with Crippen molar-refractivity contribution in [2.24, 2.45) is 11.8 Å². The summed E-state index contributed by atoms with van der Waals surface area (Å²) >= 11 is 0. The van der Waals surface area contributed by atoms with Gasteiger partial charge in [0, 0.05) is 58.1 Å². The van der Waals surface area contributed by atoms with Crippen molar-refractivity contribution in [2.75, 3.05) is 52.5 Å². The second kappa shape index (κ2) is 10.5. The quantitative estimate of drug-likeness (QED) is 0.764. The summed E-state index contributed by atoms with van der Waals surface area (Å²) in [6.07, 6.45) is 5.70. The SMILES string of the molecule is CC[C@H]1CN(C(=O)c2cccnc2)CC[C@H]1CC(=O)NCCN1CCOCC1. The van der Waals surface area contributed by atoms with Crippen LogP contribution in [0.5, 0.6) is 0 Å². The number of amides is 2. The highest BCUT2D eigenvalue weighted by Gasteiger charge is 2.32. The first-order chi connectivity index (χ1) is 13.7. The van der Waals surface area contributed by atoms with Crippen LogP contribution in [0.4, 0.5) is 0 Å². The third-order valence-electron chi connectivity index (χ3n) is 5.91. The van der Waals surface area contributed by atoms with Gasteiger partial charge in [-0.1, -0.05) is 13.3 Å². The molecule has 0 radical (unpaired) electrons. The summed E-state index contributed by atoms with van der Waals surface area (Å²) in [5, 5.41) is 3.07. The van der Waals surface area contributed by atoms with Crippen LogP contribution in [0.1, 0.15) is 36.5 Å². The molecular formula is C21H32N4O3. The van der Waals surface area contributed by atoms with Crippen LogP contribution >= 0.6 is 0 Å². The summed E-state index contributed by atoms with van der Waals surface area (Å²) in [4.78, 5) is 33.4. The Morgan fingerprint density at radius 2 is 2.07 bits per heavy atom. The molecule has 0 saturated carbocycles. The number of hydrogen-bond acceptors (Lipinski definition) is 5. The molecule has 2 fully saturated rings. The number of nitrogens with zero attached hydrogens (tertiary/aromatic N) is 3. The van der Waals surface area contributed by atoms with E-state index in [1.807, 2.05) is 11.0 Å². The van der Waals surface area contributed by atoms with Gasteiger partial charge in [-0.3, -0.25) is 19.5 Å². The van der Waals surface area contributed by atoms with Crippen LogP contribution < -0.4 is 5.32 Å². The summed E-state index contributed by atoms with van der Waals surface area (Å²) in [6.45, 7) is 8.58. The number of carbonyl (C=O) groups is 2. The molecule has 2 atom stereocenters. The van der Waals surface area contributed by atoms with Crippen molar-refractivity contribution in [3.63, 3.8) is 0 Å². The van der Waals surface area contributed by atoms with E-state index in [0.717, 1.165) is 52.2 Å². The smallest absolute Gasteiger partial charge is 0.255 e. The van der Waals surface area contributed by atoms with Gasteiger partial charge in [0.2, 0.25) is 5.91 Å². The van der Waals surface area contributed by atoms with Gasteiger partial charge in [-0.2, -0.15) is 0 Å². The molecule has 2 saturated heterocycles. The third-order valence-corrected chi connectivity index (χ3v) is 5.91. The minimum absolute atomic E-state index is 0.0416. The molecule has 154 valence electrons. The predicted octanol–water partition coefficient (Wildman–Crippen LogP) is 1.41. The molecule has 28 heavy (non-hydrogen) atoms. The maximum Gasteiger partial charge on any atom is 0.255 e. The molecule has 1 aromatic rings. The lowest BCUT2D eigenvalue weighted by Gasteiger charge is -2.38. The lowest BCUT2D eigenvalue weighted by molar-refractivity contribution is -0.122. The van der Waals surface area contributed by atoms with Crippen LogP contribution in [0.2, 0.25) is 0 Å². The van der Waals surface area contributed by atoms with Gasteiger partial charge in [0.1, 0.15) is 0 Å². The van der Waals surface area contributed by atoms with Crippen LogP contribution in [0, 0.1) is 11.8 Å². The molecule has 7 nitrogen and oxygen atoms in total. The Labute approximate surface area is 167 Å². The molecule has 0 unspecified atom stereocenters. The molecule has 2 aliphatic heterocycles. The Balaban J connectivity index is 1.43. The van der Waals surface area contributed by atoms with Gasteiger partial charge in [0.25, 0.3) is 5.91 Å². The van der Waals surface area contributed by atoms with Crippen LogP contribution in [0.25, 0.3) is 0 Å². The number of likely N-dealkylation sites (tertiary alicyclic amines) is 1. The zero-order valence-electron chi connectivity index (χ0n) is 16.8. The maximum atomic E-state index is 12.7. The average Bonchev–Trinajstić information content (AvgIpc) is 2.75. The van der Waals surface area contributed by atoms with Gasteiger partial charge in [-0.15, -0.1) is 0 Å². The molecule has 1 aromatic heterocycles. The van der Waals surface area contributed by atoms with E-state index in [2.05, 4.69) is 22.1 Å². The van der Waals surface area contributed by atoms with Crippen LogP contribution in [0.15, 0.2) is 24.5 Å². The number of rotatable bonds is 7. The van der Waals surface area contributed by atoms with Crippen LogP contribution in [-0.2, 0) is 9.53 Å². The van der Waals surface area contributed by atoms with Crippen molar-refractivity contribution in [1.29, 1.82) is 0 Å². The van der Waals surface area contributed by atoms with Gasteiger partial charge in [0.05, 0.1) is 18.8 Å². The average molecular weight is 389 g/mol. The summed E-state index contributed by atoms with van der Waals surface area (Å²) < 4.78 is 5.35. The minimum Gasteiger partial charge on any atom is -0.379 e. The number of morpholine rings is 1. The monoisotopic (exact) mass is 388 g/mol. The Bertz CT molecular complexity index is 634. The third kappa shape index (κ3) is 5.75. The Kier molecular flexibility index (Phi) is 7.80. The topological polar surface area (TPSA) is 74.8 Å². The molecule has 3 heterocycles. The van der Waals surface area contributed by atoms with E-state index in [9.17, 15) is 9.59 Å². The van der Waals surface area contributed by atoms with E-state index in [4.69, 9.17) is 4.74 Å². The first-order valence-corrected chi connectivity index (χ1v) is 10.4. The zero-order valence-corrected chi connectivity index (χ0v) is 16.8. The number of carbonyl (C=O) groups excluding carboxylic acids is 2. The van der Waals surface area contributed by atoms with E-state index in [1.54, 1.807) is 18.5 Å². The molecule has 0 aromatic carbocycles. The number of ether oxygens (including phenoxy) is 1. The first-order valence-electron chi connectivity index (χ1n) is 10.4. The molecule has 3 rings (SSSR count). The standard InChI is InChI=1S/C21H32N4O3/c1-2-17-16-25(21(27)19-4-3-6-22-15-19)8-5-18(17)14-20(26)23-7-9-24-10-12-28-13-11-24/h3-4,6,15,17-18H,2,5,7-14,16H2,1H3,(H,23,26)/t17-,18-/m0/s1. The molecule has 7 heteroatoms. The fourth-order valence-electron chi connectivity index (χ4n) is 4.16. The van der Waals surface area contributed by atoms with Gasteiger partial charge in [-0.25, -0.2) is 0 Å². The van der Waals surface area contributed by atoms with Crippen molar-refractivity contribution in [2.45, 2.75) is 26.2 Å². The van der Waals surface area contributed by atoms with Crippen LogP contribution in [-0.4, -0.2) is 79.1 Å². The number of nitrogens with one attached hydrogen (secondary N) is 1. The van der Waals surface area contributed by atoms with E-state index in [-0.39, 0.29) is 11.8 Å². The molecule has 2 aliphatic rings. The summed E-state index contributed by atoms with van der Waals surface area (Å²) in [5.74, 6) is 0.870. The van der Waals surface area contributed by atoms with Gasteiger partial charge in [0.15, 0.2) is 0 Å². The molecule has 0 aliphatic carbocycles. The second-order valence-electron chi connectivity index (χ2n) is 7.72. The van der Waals surface area contributed by atoms with E-state index in [1.165, 1.54) is 0 Å². The largest absolute Gasteiger partial charge is 0.379 e. The second-order valence-corrected chi connectivity index (χ2v) is 7.72. The minimum atomic E-state index is 0.0416. The zero-order chi connectivity index (χ0) is 19.8. The summed E-state index contributed by atoms with van der Waals surface area (Å²) in [5.41, 5.74) is 0.636. The molecule has 2 amide bonds. The van der Waals surface area contributed by atoms with Crippen molar-refractivity contribution in [1.82, 2.24) is 20.1 Å². The fraction of sp³-hybridized carbons (Fsp3) is 0.667. The van der Waals surface area contributed by atoms with Crippen molar-refractivity contribution >= 4 is 11.8 Å². The first kappa shape index (κ1) is 20.7. The fourth-order valence-corrected chi connectivity index (χ4v) is 4.16. The van der Waals surface area contributed by atoms with Crippen molar-refractivity contribution in [3.05, 3.63) is 30.1 Å². The molecular weight excluding hydrogens is 356 g/mol. The van der Waals surface area contributed by atoms with Crippen molar-refractivity contribution < 1.29 is 14.3 Å². The highest BCUT2D eigenvalue weighted by Crippen LogP contribution is 2.29. The van der Waals surface area contributed by atoms with E-state index in [0.29, 0.717) is 36.9 Å². The summed E-state index contributed by atoms with van der Waals surface area (Å²) in [7, 11) is 0. The Morgan fingerprint density at radius 3 is 2.79 bits per heavy atom. The molecule has 1 N–H and O–H groups in total. The predicted molar refractivity (Wildman–Crippen MR) is 107 cm³/mol. The lowest BCUT2D eigenvalue weighted by atomic mass is 9.81. The van der Waals surface area contributed by atoms with Gasteiger partial charge >= 0.3 is 0 Å². The highest BCUT2D eigenvalue weighted by molar-refractivity contribution is 5.94. The molecule has 0 spiro atoms. The van der Waals surface area contributed by atoms with Crippen molar-refractivity contribution in [3.8, 4) is 0 Å². The highest BCUT2D eigenvalue weighted by atomic mass is 16.5.